The number of hydrogen-bond donors (Lipinski definition) is 1. The van der Waals surface area contributed by atoms with Crippen molar-refractivity contribution in [1.82, 2.24) is 9.88 Å². The normalized spacial score (nSPS) is 26.1. The quantitative estimate of drug-likeness (QED) is 0.827. The molecule has 0 saturated carbocycles. The number of likely N-dealkylation sites (N-methyl/N-ethyl adjacent to an activating group) is 1. The van der Waals surface area contributed by atoms with E-state index in [1.165, 1.54) is 24.1 Å². The lowest BCUT2D eigenvalue weighted by Gasteiger charge is -2.43. The minimum atomic E-state index is 0.602. The van der Waals surface area contributed by atoms with Gasteiger partial charge in [-0.2, -0.15) is 0 Å². The SMILES string of the molecule is CCC1Cc2[nH]ccc2C(C(C)C)N1CC. The van der Waals surface area contributed by atoms with Gasteiger partial charge < -0.3 is 4.98 Å². The summed E-state index contributed by atoms with van der Waals surface area (Å²) < 4.78 is 0. The molecule has 1 aliphatic heterocycles. The Hall–Kier alpha value is -0.760. The van der Waals surface area contributed by atoms with Gasteiger partial charge in [0.05, 0.1) is 0 Å². The van der Waals surface area contributed by atoms with Crippen molar-refractivity contribution in [2.24, 2.45) is 5.92 Å². The summed E-state index contributed by atoms with van der Waals surface area (Å²) in [6.07, 6.45) is 4.54. The fraction of sp³-hybridized carbons (Fsp3) is 0.714. The Labute approximate surface area is 99.0 Å². The van der Waals surface area contributed by atoms with E-state index in [0.29, 0.717) is 18.0 Å². The van der Waals surface area contributed by atoms with Gasteiger partial charge in [0.25, 0.3) is 0 Å². The molecule has 2 nitrogen and oxygen atoms in total. The fourth-order valence-corrected chi connectivity index (χ4v) is 3.20. The number of nitrogens with zero attached hydrogens (tertiary/aromatic N) is 1. The van der Waals surface area contributed by atoms with Crippen LogP contribution in [0, 0.1) is 5.92 Å². The second kappa shape index (κ2) is 4.62. The molecular formula is C14H24N2. The van der Waals surface area contributed by atoms with Gasteiger partial charge in [0, 0.05) is 30.4 Å². The average Bonchev–Trinajstić information content (AvgIpc) is 2.73. The van der Waals surface area contributed by atoms with E-state index >= 15 is 0 Å². The molecule has 2 unspecified atom stereocenters. The zero-order chi connectivity index (χ0) is 11.7. The maximum Gasteiger partial charge on any atom is 0.0391 e. The van der Waals surface area contributed by atoms with Gasteiger partial charge in [0.2, 0.25) is 0 Å². The van der Waals surface area contributed by atoms with Crippen molar-refractivity contribution < 1.29 is 0 Å². The number of rotatable bonds is 3. The summed E-state index contributed by atoms with van der Waals surface area (Å²) in [5.74, 6) is 0.684. The minimum absolute atomic E-state index is 0.602. The van der Waals surface area contributed by atoms with Crippen molar-refractivity contribution in [1.29, 1.82) is 0 Å². The molecule has 0 radical (unpaired) electrons. The molecule has 0 bridgehead atoms. The number of fused-ring (bicyclic) bond motifs is 1. The largest absolute Gasteiger partial charge is 0.365 e. The maximum atomic E-state index is 3.42. The number of hydrogen-bond acceptors (Lipinski definition) is 1. The van der Waals surface area contributed by atoms with Gasteiger partial charge in [-0.25, -0.2) is 0 Å². The second-order valence-electron chi connectivity index (χ2n) is 5.20. The van der Waals surface area contributed by atoms with E-state index < -0.39 is 0 Å². The van der Waals surface area contributed by atoms with Crippen LogP contribution in [-0.4, -0.2) is 22.5 Å². The Bertz CT molecular complexity index is 340. The van der Waals surface area contributed by atoms with Crippen molar-refractivity contribution in [3.05, 3.63) is 23.5 Å². The molecule has 2 atom stereocenters. The van der Waals surface area contributed by atoms with Gasteiger partial charge in [-0.15, -0.1) is 0 Å². The Morgan fingerprint density at radius 2 is 2.19 bits per heavy atom. The van der Waals surface area contributed by atoms with Gasteiger partial charge >= 0.3 is 0 Å². The molecule has 0 aliphatic carbocycles. The third kappa shape index (κ3) is 1.80. The van der Waals surface area contributed by atoms with E-state index in [-0.39, 0.29) is 0 Å². The molecule has 2 heterocycles. The molecule has 16 heavy (non-hydrogen) atoms. The molecule has 0 amide bonds. The first kappa shape index (κ1) is 11.7. The molecule has 1 aromatic rings. The lowest BCUT2D eigenvalue weighted by molar-refractivity contribution is 0.0893. The number of H-pyrrole nitrogens is 1. The van der Waals surface area contributed by atoms with E-state index in [1.54, 1.807) is 0 Å². The van der Waals surface area contributed by atoms with Gasteiger partial charge in [0.15, 0.2) is 0 Å². The molecule has 0 fully saturated rings. The van der Waals surface area contributed by atoms with E-state index in [1.807, 2.05) is 0 Å². The summed E-state index contributed by atoms with van der Waals surface area (Å²) in [4.78, 5) is 6.11. The van der Waals surface area contributed by atoms with Crippen LogP contribution in [0.15, 0.2) is 12.3 Å². The standard InChI is InChI=1S/C14H24N2/c1-5-11-9-13-12(7-8-15-13)14(10(3)4)16(11)6-2/h7-8,10-11,14-15H,5-6,9H2,1-4H3. The maximum absolute atomic E-state index is 3.42. The molecule has 2 rings (SSSR count). The predicted octanol–water partition coefficient (Wildman–Crippen LogP) is 3.37. The Morgan fingerprint density at radius 3 is 2.75 bits per heavy atom. The highest BCUT2D eigenvalue weighted by molar-refractivity contribution is 5.29. The van der Waals surface area contributed by atoms with Gasteiger partial charge in [-0.1, -0.05) is 27.7 Å². The first-order valence-corrected chi connectivity index (χ1v) is 6.60. The van der Waals surface area contributed by atoms with Crippen LogP contribution in [0.25, 0.3) is 0 Å². The molecule has 0 saturated heterocycles. The highest BCUT2D eigenvalue weighted by Gasteiger charge is 2.34. The smallest absolute Gasteiger partial charge is 0.0391 e. The Kier molecular flexibility index (Phi) is 3.38. The summed E-state index contributed by atoms with van der Waals surface area (Å²) >= 11 is 0. The van der Waals surface area contributed by atoms with Crippen LogP contribution in [0.3, 0.4) is 0 Å². The zero-order valence-electron chi connectivity index (χ0n) is 11.0. The predicted molar refractivity (Wildman–Crippen MR) is 68.5 cm³/mol. The lowest BCUT2D eigenvalue weighted by atomic mass is 9.86. The zero-order valence-corrected chi connectivity index (χ0v) is 11.0. The highest BCUT2D eigenvalue weighted by atomic mass is 15.2. The van der Waals surface area contributed by atoms with E-state index in [4.69, 9.17) is 0 Å². The highest BCUT2D eigenvalue weighted by Crippen LogP contribution is 2.37. The summed E-state index contributed by atoms with van der Waals surface area (Å²) in [5.41, 5.74) is 3.00. The van der Waals surface area contributed by atoms with Crippen LogP contribution < -0.4 is 0 Å². The Balaban J connectivity index is 2.38. The van der Waals surface area contributed by atoms with Gasteiger partial charge in [-0.3, -0.25) is 4.90 Å². The first-order valence-electron chi connectivity index (χ1n) is 6.60. The molecule has 0 spiro atoms. The fourth-order valence-electron chi connectivity index (χ4n) is 3.20. The van der Waals surface area contributed by atoms with Crippen LogP contribution in [0.2, 0.25) is 0 Å². The van der Waals surface area contributed by atoms with Gasteiger partial charge in [0.1, 0.15) is 0 Å². The second-order valence-corrected chi connectivity index (χ2v) is 5.20. The summed E-state index contributed by atoms with van der Waals surface area (Å²) in [7, 11) is 0. The van der Waals surface area contributed by atoms with Crippen molar-refractivity contribution in [2.75, 3.05) is 6.54 Å². The molecule has 1 aliphatic rings. The van der Waals surface area contributed by atoms with Gasteiger partial charge in [-0.05, 0) is 30.5 Å². The third-order valence-electron chi connectivity index (χ3n) is 3.92. The molecule has 90 valence electrons. The molecular weight excluding hydrogens is 196 g/mol. The summed E-state index contributed by atoms with van der Waals surface area (Å²) in [6, 6.07) is 3.59. The van der Waals surface area contributed by atoms with Crippen LogP contribution in [0.5, 0.6) is 0 Å². The molecule has 2 heteroatoms. The van der Waals surface area contributed by atoms with Crippen molar-refractivity contribution >= 4 is 0 Å². The van der Waals surface area contributed by atoms with E-state index in [0.717, 1.165) is 6.54 Å². The topological polar surface area (TPSA) is 19.0 Å². The van der Waals surface area contributed by atoms with Crippen molar-refractivity contribution in [2.45, 2.75) is 52.6 Å². The van der Waals surface area contributed by atoms with Crippen molar-refractivity contribution in [3.63, 3.8) is 0 Å². The molecule has 1 N–H and O–H groups in total. The van der Waals surface area contributed by atoms with Crippen molar-refractivity contribution in [3.8, 4) is 0 Å². The number of aromatic amines is 1. The van der Waals surface area contributed by atoms with Crippen LogP contribution in [0.4, 0.5) is 0 Å². The van der Waals surface area contributed by atoms with Crippen LogP contribution in [-0.2, 0) is 6.42 Å². The molecule has 1 aromatic heterocycles. The number of aromatic nitrogens is 1. The Morgan fingerprint density at radius 1 is 1.44 bits per heavy atom. The van der Waals surface area contributed by atoms with Crippen LogP contribution in [0.1, 0.15) is 51.4 Å². The lowest BCUT2D eigenvalue weighted by Crippen LogP contribution is -2.45. The van der Waals surface area contributed by atoms with Crippen LogP contribution >= 0.6 is 0 Å². The third-order valence-corrected chi connectivity index (χ3v) is 3.92. The molecule has 0 aromatic carbocycles. The average molecular weight is 220 g/mol. The van der Waals surface area contributed by atoms with E-state index in [9.17, 15) is 0 Å². The van der Waals surface area contributed by atoms with E-state index in [2.05, 4.69) is 49.8 Å². The minimum Gasteiger partial charge on any atom is -0.365 e. The monoisotopic (exact) mass is 220 g/mol. The first-order chi connectivity index (χ1) is 7.69. The summed E-state index contributed by atoms with van der Waals surface area (Å²) in [6.45, 7) is 10.4. The summed E-state index contributed by atoms with van der Waals surface area (Å²) in [5, 5.41) is 0. The number of nitrogens with one attached hydrogen (secondary N) is 1.